The summed E-state index contributed by atoms with van der Waals surface area (Å²) in [5.74, 6) is -0.243. The molecule has 0 saturated carbocycles. The number of hydrogen-bond acceptors (Lipinski definition) is 6. The van der Waals surface area contributed by atoms with E-state index in [1.54, 1.807) is 67.3 Å². The molecule has 0 unspecified atom stereocenters. The topological polar surface area (TPSA) is 132 Å². The molecular formula is C29H23N7O2. The van der Waals surface area contributed by atoms with Crippen molar-refractivity contribution in [1.29, 1.82) is 5.26 Å². The monoisotopic (exact) mass is 501 g/mol. The average Bonchev–Trinajstić information content (AvgIpc) is 3.17. The number of amides is 1. The molecule has 0 aliphatic heterocycles. The Morgan fingerprint density at radius 3 is 2.45 bits per heavy atom. The molecule has 9 nitrogen and oxygen atoms in total. The van der Waals surface area contributed by atoms with E-state index in [4.69, 9.17) is 5.73 Å². The zero-order valence-corrected chi connectivity index (χ0v) is 20.7. The quantitative estimate of drug-likeness (QED) is 0.369. The molecule has 0 saturated heterocycles. The minimum absolute atomic E-state index is 0.0721. The summed E-state index contributed by atoms with van der Waals surface area (Å²) in [6.07, 6.45) is 1.56. The predicted molar refractivity (Wildman–Crippen MR) is 146 cm³/mol. The lowest BCUT2D eigenvalue weighted by Gasteiger charge is -2.09. The van der Waals surface area contributed by atoms with Crippen molar-refractivity contribution in [2.45, 2.75) is 6.92 Å². The first-order chi connectivity index (χ1) is 18.4. The molecule has 0 radical (unpaired) electrons. The Hall–Kier alpha value is -5.49. The number of para-hydroxylation sites is 1. The number of nitrogens with one attached hydrogen (secondary N) is 1. The number of rotatable bonds is 5. The number of carbonyl (C=O) groups excluding carboxylic acids is 1. The summed E-state index contributed by atoms with van der Waals surface area (Å²) in [5.41, 5.74) is 10.6. The van der Waals surface area contributed by atoms with E-state index >= 15 is 0 Å². The van der Waals surface area contributed by atoms with E-state index < -0.39 is 11.5 Å². The minimum Gasteiger partial charge on any atom is -0.382 e. The number of nitrogens with two attached hydrogens (primary N) is 1. The molecule has 2 heterocycles. The van der Waals surface area contributed by atoms with E-state index in [-0.39, 0.29) is 11.4 Å². The molecule has 1 amide bonds. The lowest BCUT2D eigenvalue weighted by Crippen LogP contribution is -2.25. The highest BCUT2D eigenvalue weighted by Crippen LogP contribution is 2.27. The highest BCUT2D eigenvalue weighted by molar-refractivity contribution is 6.05. The van der Waals surface area contributed by atoms with Crippen molar-refractivity contribution in [3.8, 4) is 34.3 Å². The van der Waals surface area contributed by atoms with Crippen LogP contribution in [0.4, 0.5) is 11.5 Å². The number of benzene rings is 3. The van der Waals surface area contributed by atoms with Gasteiger partial charge in [-0.15, -0.1) is 0 Å². The van der Waals surface area contributed by atoms with Crippen LogP contribution in [0, 0.1) is 18.3 Å². The van der Waals surface area contributed by atoms with Gasteiger partial charge in [0, 0.05) is 23.9 Å². The fraction of sp³-hybridized carbons (Fsp3) is 0.0690. The number of aromatic nitrogens is 4. The molecule has 5 aromatic rings. The van der Waals surface area contributed by atoms with Gasteiger partial charge in [-0.1, -0.05) is 42.5 Å². The van der Waals surface area contributed by atoms with Gasteiger partial charge in [-0.05, 0) is 43.3 Å². The fourth-order valence-corrected chi connectivity index (χ4v) is 4.23. The number of nitrogen functional groups attached to an aromatic ring is 1. The first-order valence-electron chi connectivity index (χ1n) is 11.8. The third kappa shape index (κ3) is 4.42. The van der Waals surface area contributed by atoms with E-state index in [0.717, 1.165) is 5.56 Å². The fourth-order valence-electron chi connectivity index (χ4n) is 4.23. The van der Waals surface area contributed by atoms with Crippen LogP contribution in [-0.2, 0) is 7.05 Å². The normalized spacial score (nSPS) is 10.7. The van der Waals surface area contributed by atoms with Crippen molar-refractivity contribution in [3.05, 3.63) is 112 Å². The molecule has 0 spiro atoms. The summed E-state index contributed by atoms with van der Waals surface area (Å²) < 4.78 is 3.13. The van der Waals surface area contributed by atoms with E-state index in [1.807, 2.05) is 36.4 Å². The van der Waals surface area contributed by atoms with Gasteiger partial charge < -0.3 is 11.1 Å². The molecule has 0 fully saturated rings. The second-order valence-corrected chi connectivity index (χ2v) is 8.65. The lowest BCUT2D eigenvalue weighted by molar-refractivity contribution is 0.102. The molecule has 0 bridgehead atoms. The van der Waals surface area contributed by atoms with Crippen molar-refractivity contribution in [1.82, 2.24) is 19.3 Å². The average molecular weight is 502 g/mol. The van der Waals surface area contributed by atoms with Crippen LogP contribution in [0.2, 0.25) is 0 Å². The second kappa shape index (κ2) is 9.87. The van der Waals surface area contributed by atoms with Crippen LogP contribution in [0.15, 0.2) is 89.9 Å². The molecule has 0 aliphatic carbocycles. The SMILES string of the molecule is Cc1c(C(=O)Nc2ccc(-c3nc(-c4cccc(C#N)c4)cnc3N)cc2)c(=O)n(-c2ccccc2)n1C. The summed E-state index contributed by atoms with van der Waals surface area (Å²) in [5, 5.41) is 12.0. The molecule has 38 heavy (non-hydrogen) atoms. The predicted octanol–water partition coefficient (Wildman–Crippen LogP) is 4.31. The number of carbonyl (C=O) groups is 1. The Bertz CT molecular complexity index is 1760. The smallest absolute Gasteiger partial charge is 0.284 e. The third-order valence-electron chi connectivity index (χ3n) is 6.29. The van der Waals surface area contributed by atoms with Crippen LogP contribution in [0.1, 0.15) is 21.6 Å². The van der Waals surface area contributed by atoms with Gasteiger partial charge in [-0.25, -0.2) is 14.6 Å². The van der Waals surface area contributed by atoms with Crippen LogP contribution in [0.25, 0.3) is 28.2 Å². The largest absolute Gasteiger partial charge is 0.382 e. The number of hydrogen-bond donors (Lipinski definition) is 2. The molecule has 2 aromatic heterocycles. The number of nitrogens with zero attached hydrogens (tertiary/aromatic N) is 5. The van der Waals surface area contributed by atoms with Gasteiger partial charge in [-0.3, -0.25) is 14.3 Å². The van der Waals surface area contributed by atoms with Crippen molar-refractivity contribution in [3.63, 3.8) is 0 Å². The summed E-state index contributed by atoms with van der Waals surface area (Å²) in [6.45, 7) is 1.74. The molecule has 9 heteroatoms. The van der Waals surface area contributed by atoms with E-state index in [0.29, 0.717) is 39.6 Å². The molecular weight excluding hydrogens is 478 g/mol. The van der Waals surface area contributed by atoms with E-state index in [1.165, 1.54) is 4.68 Å². The van der Waals surface area contributed by atoms with Gasteiger partial charge in [0.1, 0.15) is 17.1 Å². The van der Waals surface area contributed by atoms with Gasteiger partial charge in [0.2, 0.25) is 0 Å². The van der Waals surface area contributed by atoms with Crippen molar-refractivity contribution >= 4 is 17.4 Å². The summed E-state index contributed by atoms with van der Waals surface area (Å²) in [4.78, 5) is 35.2. The molecule has 3 aromatic carbocycles. The molecule has 5 rings (SSSR count). The maximum Gasteiger partial charge on any atom is 0.284 e. The third-order valence-corrected chi connectivity index (χ3v) is 6.29. The van der Waals surface area contributed by atoms with Crippen LogP contribution in [0.3, 0.4) is 0 Å². The van der Waals surface area contributed by atoms with Crippen LogP contribution >= 0.6 is 0 Å². The second-order valence-electron chi connectivity index (χ2n) is 8.65. The maximum absolute atomic E-state index is 13.1. The van der Waals surface area contributed by atoms with Crippen molar-refractivity contribution in [2.24, 2.45) is 7.05 Å². The zero-order valence-electron chi connectivity index (χ0n) is 20.7. The number of anilines is 2. The summed E-state index contributed by atoms with van der Waals surface area (Å²) >= 11 is 0. The molecule has 186 valence electrons. The van der Waals surface area contributed by atoms with Crippen LogP contribution in [0.5, 0.6) is 0 Å². The van der Waals surface area contributed by atoms with Gasteiger partial charge in [0.25, 0.3) is 11.5 Å². The standard InChI is InChI=1S/C29H23N7O2/c1-18-25(29(38)36(35(18)2)23-9-4-3-5-10-23)28(37)33-22-13-11-20(12-14-22)26-27(31)32-17-24(34-26)21-8-6-7-19(15-21)16-30/h3-15,17H,1-2H3,(H2,31,32)(H,33,37). The highest BCUT2D eigenvalue weighted by atomic mass is 16.2. The zero-order chi connectivity index (χ0) is 26.8. The Kier molecular flexibility index (Phi) is 6.29. The van der Waals surface area contributed by atoms with Gasteiger partial charge >= 0.3 is 0 Å². The first kappa shape index (κ1) is 24.2. The molecule has 3 N–H and O–H groups in total. The maximum atomic E-state index is 13.1. The lowest BCUT2D eigenvalue weighted by atomic mass is 10.1. The van der Waals surface area contributed by atoms with Crippen molar-refractivity contribution < 1.29 is 4.79 Å². The summed E-state index contributed by atoms with van der Waals surface area (Å²) in [6, 6.07) is 25.3. The van der Waals surface area contributed by atoms with Crippen LogP contribution < -0.4 is 16.6 Å². The molecule has 0 atom stereocenters. The Labute approximate surface area is 218 Å². The summed E-state index contributed by atoms with van der Waals surface area (Å²) in [7, 11) is 1.74. The molecule has 0 aliphatic rings. The Balaban J connectivity index is 1.41. The van der Waals surface area contributed by atoms with E-state index in [2.05, 4.69) is 21.4 Å². The number of nitriles is 1. The first-order valence-corrected chi connectivity index (χ1v) is 11.8. The highest BCUT2D eigenvalue weighted by Gasteiger charge is 2.22. The van der Waals surface area contributed by atoms with Gasteiger partial charge in [0.05, 0.1) is 34.9 Å². The van der Waals surface area contributed by atoms with Crippen LogP contribution in [-0.4, -0.2) is 25.2 Å². The van der Waals surface area contributed by atoms with Gasteiger partial charge in [0.15, 0.2) is 0 Å². The van der Waals surface area contributed by atoms with Crippen molar-refractivity contribution in [2.75, 3.05) is 11.1 Å². The Morgan fingerprint density at radius 1 is 1.00 bits per heavy atom. The Morgan fingerprint density at radius 2 is 1.74 bits per heavy atom. The van der Waals surface area contributed by atoms with E-state index in [9.17, 15) is 14.9 Å². The minimum atomic E-state index is -0.496. The van der Waals surface area contributed by atoms with Gasteiger partial charge in [-0.2, -0.15) is 5.26 Å².